The van der Waals surface area contributed by atoms with Crippen LogP contribution in [0, 0.1) is 11.6 Å². The van der Waals surface area contributed by atoms with E-state index >= 15 is 0 Å². The molecular weight excluding hydrogens is 312 g/mol. The molecule has 0 aliphatic rings. The van der Waals surface area contributed by atoms with Crippen molar-refractivity contribution in [1.82, 2.24) is 4.72 Å². The fourth-order valence-electron chi connectivity index (χ4n) is 1.94. The summed E-state index contributed by atoms with van der Waals surface area (Å²) >= 11 is 0. The molecule has 118 valence electrons. The highest BCUT2D eigenvalue weighted by molar-refractivity contribution is 7.89. The van der Waals surface area contributed by atoms with Crippen molar-refractivity contribution in [2.24, 2.45) is 0 Å². The molecule has 22 heavy (non-hydrogen) atoms. The molecule has 2 aromatic carbocycles. The smallest absolute Gasteiger partial charge is 0.240 e. The third-order valence-corrected chi connectivity index (χ3v) is 4.48. The number of halogens is 2. The number of aliphatic hydroxyl groups is 1. The third-order valence-electron chi connectivity index (χ3n) is 3.04. The molecule has 0 aliphatic heterocycles. The molecule has 2 N–H and O–H groups in total. The standard InChI is InChI=1S/C15H15F2NO3S/c16-12-8-13(17)10-14(9-12)22(20,21)18-7-6-15(19)11-4-2-1-3-5-11/h1-5,8-10,15,18-19H,6-7H2/t15-/m1/s1. The van der Waals surface area contributed by atoms with E-state index in [2.05, 4.69) is 4.72 Å². The van der Waals surface area contributed by atoms with E-state index in [1.165, 1.54) is 0 Å². The highest BCUT2D eigenvalue weighted by Gasteiger charge is 2.17. The van der Waals surface area contributed by atoms with Crippen molar-refractivity contribution in [3.05, 3.63) is 65.7 Å². The maximum absolute atomic E-state index is 13.1. The highest BCUT2D eigenvalue weighted by atomic mass is 32.2. The minimum Gasteiger partial charge on any atom is -0.388 e. The summed E-state index contributed by atoms with van der Waals surface area (Å²) < 4.78 is 52.2. The van der Waals surface area contributed by atoms with Gasteiger partial charge in [-0.1, -0.05) is 30.3 Å². The molecule has 0 bridgehead atoms. The summed E-state index contributed by atoms with van der Waals surface area (Å²) in [4.78, 5) is -0.487. The maximum Gasteiger partial charge on any atom is 0.240 e. The number of nitrogens with one attached hydrogen (secondary N) is 1. The second-order valence-electron chi connectivity index (χ2n) is 4.72. The van der Waals surface area contributed by atoms with Gasteiger partial charge >= 0.3 is 0 Å². The molecule has 7 heteroatoms. The average molecular weight is 327 g/mol. The average Bonchev–Trinajstić information content (AvgIpc) is 2.47. The summed E-state index contributed by atoms with van der Waals surface area (Å²) in [6.45, 7) is -0.0590. The quantitative estimate of drug-likeness (QED) is 0.856. The Bertz CT molecular complexity index is 715. The molecule has 1 atom stereocenters. The van der Waals surface area contributed by atoms with Crippen LogP contribution in [-0.2, 0) is 10.0 Å². The number of sulfonamides is 1. The zero-order valence-corrected chi connectivity index (χ0v) is 12.4. The van der Waals surface area contributed by atoms with E-state index in [9.17, 15) is 22.3 Å². The first-order valence-corrected chi connectivity index (χ1v) is 8.05. The summed E-state index contributed by atoms with van der Waals surface area (Å²) in [5.74, 6) is -1.94. The highest BCUT2D eigenvalue weighted by Crippen LogP contribution is 2.17. The first kappa shape index (κ1) is 16.5. The van der Waals surface area contributed by atoms with Crippen LogP contribution in [0.5, 0.6) is 0 Å². The summed E-state index contributed by atoms with van der Waals surface area (Å²) in [7, 11) is -4.02. The molecule has 0 heterocycles. The Hall–Kier alpha value is -1.83. The zero-order chi connectivity index (χ0) is 16.2. The Morgan fingerprint density at radius 2 is 1.64 bits per heavy atom. The molecule has 0 radical (unpaired) electrons. The fraction of sp³-hybridized carbons (Fsp3) is 0.200. The summed E-state index contributed by atoms with van der Waals surface area (Å²) in [5.41, 5.74) is 0.665. The minimum absolute atomic E-state index is 0.0590. The lowest BCUT2D eigenvalue weighted by Crippen LogP contribution is -2.26. The number of hydrogen-bond donors (Lipinski definition) is 2. The van der Waals surface area contributed by atoms with Gasteiger partial charge in [-0.25, -0.2) is 21.9 Å². The monoisotopic (exact) mass is 327 g/mol. The molecule has 0 fully saturated rings. The second kappa shape index (κ2) is 6.95. The van der Waals surface area contributed by atoms with Crippen LogP contribution >= 0.6 is 0 Å². The van der Waals surface area contributed by atoms with Gasteiger partial charge in [-0.05, 0) is 24.1 Å². The van der Waals surface area contributed by atoms with Crippen LogP contribution in [0.3, 0.4) is 0 Å². The van der Waals surface area contributed by atoms with Gasteiger partial charge in [-0.15, -0.1) is 0 Å². The summed E-state index contributed by atoms with van der Waals surface area (Å²) in [5, 5.41) is 9.92. The lowest BCUT2D eigenvalue weighted by molar-refractivity contribution is 0.169. The van der Waals surface area contributed by atoms with Gasteiger partial charge in [-0.3, -0.25) is 0 Å². The van der Waals surface area contributed by atoms with Crippen LogP contribution in [0.4, 0.5) is 8.78 Å². The van der Waals surface area contributed by atoms with Crippen LogP contribution < -0.4 is 4.72 Å². The Balaban J connectivity index is 1.98. The molecule has 0 spiro atoms. The van der Waals surface area contributed by atoms with Gasteiger partial charge < -0.3 is 5.11 Å². The van der Waals surface area contributed by atoms with E-state index in [0.717, 1.165) is 12.1 Å². The van der Waals surface area contributed by atoms with Crippen LogP contribution in [0.25, 0.3) is 0 Å². The largest absolute Gasteiger partial charge is 0.388 e. The molecule has 0 saturated heterocycles. The van der Waals surface area contributed by atoms with Gasteiger partial charge in [0.25, 0.3) is 0 Å². The first-order valence-electron chi connectivity index (χ1n) is 6.57. The predicted octanol–water partition coefficient (Wildman–Crippen LogP) is 2.37. The van der Waals surface area contributed by atoms with Gasteiger partial charge in [0.2, 0.25) is 10.0 Å². The van der Waals surface area contributed by atoms with E-state index < -0.39 is 32.7 Å². The summed E-state index contributed by atoms with van der Waals surface area (Å²) in [6.07, 6.45) is -0.686. The Morgan fingerprint density at radius 1 is 1.05 bits per heavy atom. The van der Waals surface area contributed by atoms with Crippen LogP contribution in [0.1, 0.15) is 18.1 Å². The van der Waals surface area contributed by atoms with Crippen molar-refractivity contribution < 1.29 is 22.3 Å². The Kier molecular flexibility index (Phi) is 5.23. The SMILES string of the molecule is O=S(=O)(NCC[C@@H](O)c1ccccc1)c1cc(F)cc(F)c1. The second-order valence-corrected chi connectivity index (χ2v) is 6.49. The molecule has 0 unspecified atom stereocenters. The number of hydrogen-bond acceptors (Lipinski definition) is 3. The van der Waals surface area contributed by atoms with Crippen molar-refractivity contribution >= 4 is 10.0 Å². The number of aliphatic hydroxyl groups excluding tert-OH is 1. The Morgan fingerprint density at radius 3 is 2.23 bits per heavy atom. The van der Waals surface area contributed by atoms with Gasteiger partial charge in [0.15, 0.2) is 0 Å². The zero-order valence-electron chi connectivity index (χ0n) is 11.5. The third kappa shape index (κ3) is 4.33. The van der Waals surface area contributed by atoms with Crippen molar-refractivity contribution in [2.75, 3.05) is 6.54 Å². The molecule has 2 rings (SSSR count). The van der Waals surface area contributed by atoms with Crippen molar-refractivity contribution in [2.45, 2.75) is 17.4 Å². The maximum atomic E-state index is 13.1. The van der Waals surface area contributed by atoms with Gasteiger partial charge in [0, 0.05) is 12.6 Å². The van der Waals surface area contributed by atoms with Crippen LogP contribution in [0.15, 0.2) is 53.4 Å². The molecule has 0 aliphatic carbocycles. The molecule has 0 saturated carbocycles. The summed E-state index contributed by atoms with van der Waals surface area (Å²) in [6, 6.07) is 10.8. The fourth-order valence-corrected chi connectivity index (χ4v) is 3.03. The van der Waals surface area contributed by atoms with Gasteiger partial charge in [0.05, 0.1) is 11.0 Å². The molecule has 2 aromatic rings. The predicted molar refractivity (Wildman–Crippen MR) is 77.6 cm³/mol. The van der Waals surface area contributed by atoms with E-state index in [1.54, 1.807) is 30.3 Å². The van der Waals surface area contributed by atoms with Crippen molar-refractivity contribution in [1.29, 1.82) is 0 Å². The van der Waals surface area contributed by atoms with E-state index in [1.807, 2.05) is 0 Å². The molecule has 4 nitrogen and oxygen atoms in total. The lowest BCUT2D eigenvalue weighted by Gasteiger charge is -2.12. The molecule has 0 amide bonds. The molecular formula is C15H15F2NO3S. The minimum atomic E-state index is -4.02. The molecule has 0 aromatic heterocycles. The van der Waals surface area contributed by atoms with E-state index in [-0.39, 0.29) is 13.0 Å². The van der Waals surface area contributed by atoms with Crippen LogP contribution in [-0.4, -0.2) is 20.1 Å². The topological polar surface area (TPSA) is 66.4 Å². The number of rotatable bonds is 6. The van der Waals surface area contributed by atoms with Gasteiger partial charge in [0.1, 0.15) is 11.6 Å². The van der Waals surface area contributed by atoms with Crippen molar-refractivity contribution in [3.63, 3.8) is 0 Å². The normalized spacial score (nSPS) is 13.0. The van der Waals surface area contributed by atoms with E-state index in [0.29, 0.717) is 11.6 Å². The van der Waals surface area contributed by atoms with Crippen molar-refractivity contribution in [3.8, 4) is 0 Å². The number of benzene rings is 2. The van der Waals surface area contributed by atoms with Crippen LogP contribution in [0.2, 0.25) is 0 Å². The lowest BCUT2D eigenvalue weighted by atomic mass is 10.1. The van der Waals surface area contributed by atoms with Gasteiger partial charge in [-0.2, -0.15) is 0 Å². The first-order chi connectivity index (χ1) is 10.4. The van der Waals surface area contributed by atoms with E-state index in [4.69, 9.17) is 0 Å². The Labute approximate surface area is 127 Å².